The number of hydrogen-bond acceptors (Lipinski definition) is 5. The number of carbonyl (C=O) groups excluding carboxylic acids is 2. The third-order valence-corrected chi connectivity index (χ3v) is 4.88. The molecule has 0 aromatic heterocycles. The van der Waals surface area contributed by atoms with Gasteiger partial charge in [-0.1, -0.05) is 56.3 Å². The van der Waals surface area contributed by atoms with Crippen LogP contribution in [0.1, 0.15) is 31.0 Å². The Kier molecular flexibility index (Phi) is 6.90. The number of benzene rings is 2. The predicted octanol–water partition coefficient (Wildman–Crippen LogP) is 3.79. The highest BCUT2D eigenvalue weighted by Gasteiger charge is 2.45. The molecule has 3 rings (SSSR count). The molecule has 1 heterocycles. The van der Waals surface area contributed by atoms with Crippen LogP contribution in [0.3, 0.4) is 0 Å². The van der Waals surface area contributed by atoms with E-state index in [0.29, 0.717) is 29.4 Å². The lowest BCUT2D eigenvalue weighted by Gasteiger charge is -2.25. The van der Waals surface area contributed by atoms with Crippen LogP contribution in [0.4, 0.5) is 0 Å². The lowest BCUT2D eigenvalue weighted by molar-refractivity contribution is -0.140. The molecule has 1 N–H and O–H groups in total. The highest BCUT2D eigenvalue weighted by atomic mass is 16.5. The van der Waals surface area contributed by atoms with Crippen LogP contribution in [0, 0.1) is 5.92 Å². The van der Waals surface area contributed by atoms with Crippen molar-refractivity contribution in [3.8, 4) is 5.75 Å². The average molecular weight is 409 g/mol. The number of ketones is 1. The fourth-order valence-electron chi connectivity index (χ4n) is 3.44. The van der Waals surface area contributed by atoms with E-state index in [1.807, 2.05) is 30.3 Å². The van der Waals surface area contributed by atoms with Crippen LogP contribution in [-0.4, -0.2) is 48.6 Å². The fraction of sp³-hybridized carbons (Fsp3) is 0.333. The van der Waals surface area contributed by atoms with E-state index < -0.39 is 17.7 Å². The van der Waals surface area contributed by atoms with E-state index in [0.717, 1.165) is 0 Å². The molecule has 2 aromatic rings. The number of aliphatic hydroxyl groups excluding tert-OH is 1. The molecular formula is C24H27NO5. The molecule has 1 fully saturated rings. The number of amides is 1. The number of likely N-dealkylation sites (tertiary alicyclic amines) is 1. The van der Waals surface area contributed by atoms with E-state index >= 15 is 0 Å². The maximum absolute atomic E-state index is 12.9. The van der Waals surface area contributed by atoms with Crippen molar-refractivity contribution >= 4 is 17.4 Å². The average Bonchev–Trinajstić information content (AvgIpc) is 3.01. The van der Waals surface area contributed by atoms with Gasteiger partial charge in [-0.05, 0) is 23.6 Å². The molecular weight excluding hydrogens is 382 g/mol. The molecule has 0 aliphatic carbocycles. The van der Waals surface area contributed by atoms with Crippen molar-refractivity contribution in [3.63, 3.8) is 0 Å². The first-order chi connectivity index (χ1) is 14.4. The van der Waals surface area contributed by atoms with Crippen LogP contribution in [0.5, 0.6) is 5.75 Å². The highest BCUT2D eigenvalue weighted by molar-refractivity contribution is 6.46. The molecule has 0 radical (unpaired) electrons. The van der Waals surface area contributed by atoms with E-state index in [4.69, 9.17) is 9.47 Å². The van der Waals surface area contributed by atoms with Gasteiger partial charge in [0.15, 0.2) is 0 Å². The predicted molar refractivity (Wildman–Crippen MR) is 114 cm³/mol. The number of ether oxygens (including phenoxy) is 2. The van der Waals surface area contributed by atoms with Crippen molar-refractivity contribution in [1.82, 2.24) is 4.90 Å². The van der Waals surface area contributed by atoms with E-state index in [2.05, 4.69) is 13.8 Å². The Bertz CT molecular complexity index is 936. The van der Waals surface area contributed by atoms with Crippen molar-refractivity contribution in [2.45, 2.75) is 19.9 Å². The van der Waals surface area contributed by atoms with Crippen LogP contribution in [0.15, 0.2) is 60.2 Å². The van der Waals surface area contributed by atoms with E-state index in [1.54, 1.807) is 24.3 Å². The summed E-state index contributed by atoms with van der Waals surface area (Å²) in [6, 6.07) is 15.4. The summed E-state index contributed by atoms with van der Waals surface area (Å²) in [5.41, 5.74) is 1.26. The summed E-state index contributed by atoms with van der Waals surface area (Å²) >= 11 is 0. The van der Waals surface area contributed by atoms with Gasteiger partial charge in [0, 0.05) is 19.2 Å². The molecule has 1 amide bonds. The topological polar surface area (TPSA) is 76.1 Å². The van der Waals surface area contributed by atoms with Gasteiger partial charge in [0.1, 0.15) is 11.5 Å². The quantitative estimate of drug-likeness (QED) is 0.408. The largest absolute Gasteiger partial charge is 0.507 e. The molecule has 0 spiro atoms. The number of Topliss-reactive ketones (excluding diaryl/α,β-unsaturated/α-hetero) is 1. The van der Waals surface area contributed by atoms with Gasteiger partial charge in [0.25, 0.3) is 11.7 Å². The Labute approximate surface area is 176 Å². The highest BCUT2D eigenvalue weighted by Crippen LogP contribution is 2.40. The van der Waals surface area contributed by atoms with Gasteiger partial charge in [0.2, 0.25) is 0 Å². The van der Waals surface area contributed by atoms with E-state index in [1.165, 1.54) is 12.0 Å². The first-order valence-electron chi connectivity index (χ1n) is 9.99. The van der Waals surface area contributed by atoms with Crippen LogP contribution in [0.25, 0.3) is 5.76 Å². The number of hydrogen-bond donors (Lipinski definition) is 1. The van der Waals surface area contributed by atoms with Gasteiger partial charge in [-0.2, -0.15) is 0 Å². The summed E-state index contributed by atoms with van der Waals surface area (Å²) in [7, 11) is 1.54. The second-order valence-corrected chi connectivity index (χ2v) is 7.63. The number of aliphatic hydroxyl groups is 1. The van der Waals surface area contributed by atoms with Crippen molar-refractivity contribution in [2.75, 3.05) is 26.9 Å². The molecule has 6 heteroatoms. The van der Waals surface area contributed by atoms with Crippen molar-refractivity contribution < 1.29 is 24.2 Å². The SMILES string of the molecule is COCCN1C(=O)C(=O)/C(=C(\O)c2ccccc2)C1c1cccc(OCC(C)C)c1. The van der Waals surface area contributed by atoms with E-state index in [9.17, 15) is 14.7 Å². The van der Waals surface area contributed by atoms with Crippen molar-refractivity contribution in [3.05, 3.63) is 71.3 Å². The fourth-order valence-corrected chi connectivity index (χ4v) is 3.44. The first kappa shape index (κ1) is 21.6. The smallest absolute Gasteiger partial charge is 0.295 e. The summed E-state index contributed by atoms with van der Waals surface area (Å²) in [5, 5.41) is 10.9. The summed E-state index contributed by atoms with van der Waals surface area (Å²) in [6.45, 7) is 5.18. The van der Waals surface area contributed by atoms with Gasteiger partial charge < -0.3 is 19.5 Å². The lowest BCUT2D eigenvalue weighted by atomic mass is 9.95. The summed E-state index contributed by atoms with van der Waals surface area (Å²) in [5.74, 6) is -0.529. The molecule has 1 atom stereocenters. The van der Waals surface area contributed by atoms with Crippen LogP contribution in [-0.2, 0) is 14.3 Å². The first-order valence-corrected chi connectivity index (χ1v) is 9.99. The molecule has 0 saturated carbocycles. The number of rotatable bonds is 8. The Morgan fingerprint density at radius 2 is 1.83 bits per heavy atom. The molecule has 1 unspecified atom stereocenters. The molecule has 6 nitrogen and oxygen atoms in total. The maximum atomic E-state index is 12.9. The third-order valence-electron chi connectivity index (χ3n) is 4.88. The second kappa shape index (κ2) is 9.59. The Morgan fingerprint density at radius 1 is 1.10 bits per heavy atom. The lowest BCUT2D eigenvalue weighted by Crippen LogP contribution is -2.32. The molecule has 1 saturated heterocycles. The van der Waals surface area contributed by atoms with E-state index in [-0.39, 0.29) is 24.5 Å². The van der Waals surface area contributed by atoms with Gasteiger partial charge in [-0.15, -0.1) is 0 Å². The molecule has 2 aromatic carbocycles. The van der Waals surface area contributed by atoms with Gasteiger partial charge in [0.05, 0.1) is 24.8 Å². The van der Waals surface area contributed by atoms with Gasteiger partial charge in [-0.3, -0.25) is 9.59 Å². The van der Waals surface area contributed by atoms with Crippen LogP contribution < -0.4 is 4.74 Å². The second-order valence-electron chi connectivity index (χ2n) is 7.63. The Morgan fingerprint density at radius 3 is 2.50 bits per heavy atom. The summed E-state index contributed by atoms with van der Waals surface area (Å²) in [6.07, 6.45) is 0. The monoisotopic (exact) mass is 409 g/mol. The summed E-state index contributed by atoms with van der Waals surface area (Å²) < 4.78 is 11.0. The zero-order valence-corrected chi connectivity index (χ0v) is 17.5. The zero-order chi connectivity index (χ0) is 21.7. The van der Waals surface area contributed by atoms with Crippen molar-refractivity contribution in [1.29, 1.82) is 0 Å². The van der Waals surface area contributed by atoms with Gasteiger partial charge in [-0.25, -0.2) is 0 Å². The number of carbonyl (C=O) groups is 2. The normalized spacial score (nSPS) is 18.3. The minimum Gasteiger partial charge on any atom is -0.507 e. The standard InChI is InChI=1S/C24H27NO5/c1-16(2)15-30-19-11-7-10-18(14-19)21-20(22(26)17-8-5-4-6-9-17)23(27)24(28)25(21)12-13-29-3/h4-11,14,16,21,26H,12-13,15H2,1-3H3/b22-20-. The molecule has 158 valence electrons. The summed E-state index contributed by atoms with van der Waals surface area (Å²) in [4.78, 5) is 27.1. The van der Waals surface area contributed by atoms with Crippen molar-refractivity contribution in [2.24, 2.45) is 5.92 Å². The van der Waals surface area contributed by atoms with Gasteiger partial charge >= 0.3 is 0 Å². The Hall–Kier alpha value is -3.12. The van der Waals surface area contributed by atoms with Crippen LogP contribution >= 0.6 is 0 Å². The molecule has 0 bridgehead atoms. The third kappa shape index (κ3) is 4.54. The zero-order valence-electron chi connectivity index (χ0n) is 17.5. The number of methoxy groups -OCH3 is 1. The molecule has 30 heavy (non-hydrogen) atoms. The Balaban J connectivity index is 2.09. The molecule has 1 aliphatic rings. The minimum absolute atomic E-state index is 0.0725. The number of nitrogens with zero attached hydrogens (tertiary/aromatic N) is 1. The maximum Gasteiger partial charge on any atom is 0.295 e. The minimum atomic E-state index is -0.719. The molecule has 1 aliphatic heterocycles. The van der Waals surface area contributed by atoms with Crippen LogP contribution in [0.2, 0.25) is 0 Å².